The lowest BCUT2D eigenvalue weighted by molar-refractivity contribution is -0.139. The number of carbonyl (C=O) groups excluding carboxylic acids is 2. The Bertz CT molecular complexity index is 555. The van der Waals surface area contributed by atoms with Crippen LogP contribution in [0.1, 0.15) is 40.3 Å². The van der Waals surface area contributed by atoms with Gasteiger partial charge in [0.05, 0.1) is 11.1 Å². The molecule has 0 aliphatic rings. The van der Waals surface area contributed by atoms with E-state index in [-0.39, 0.29) is 13.2 Å². The van der Waals surface area contributed by atoms with E-state index < -0.39 is 41.0 Å². The predicted octanol–water partition coefficient (Wildman–Crippen LogP) is 1.78. The quantitative estimate of drug-likeness (QED) is 0.611. The minimum atomic E-state index is -4.88. The molecule has 122 valence electrons. The van der Waals surface area contributed by atoms with Crippen molar-refractivity contribution in [2.75, 3.05) is 13.2 Å². The second kappa shape index (κ2) is 7.32. The number of amides is 1. The number of rotatable bonds is 7. The number of nitrogens with zero attached hydrogens (tertiary/aromatic N) is 1. The molecule has 0 saturated heterocycles. The van der Waals surface area contributed by atoms with Gasteiger partial charge in [0, 0.05) is 19.4 Å². The average Bonchev–Trinajstić information content (AvgIpc) is 2.44. The van der Waals surface area contributed by atoms with Crippen LogP contribution in [0.4, 0.5) is 13.2 Å². The summed E-state index contributed by atoms with van der Waals surface area (Å²) in [7, 11) is 0. The molecule has 0 aliphatic carbocycles. The number of aromatic nitrogens is 1. The number of pyridine rings is 1. The van der Waals surface area contributed by atoms with Crippen LogP contribution >= 0.6 is 0 Å². The van der Waals surface area contributed by atoms with Crippen molar-refractivity contribution in [3.63, 3.8) is 0 Å². The first kappa shape index (κ1) is 18.1. The summed E-state index contributed by atoms with van der Waals surface area (Å²) in [5, 5.41) is 0. The zero-order valence-electron chi connectivity index (χ0n) is 11.9. The van der Waals surface area contributed by atoms with E-state index in [1.165, 1.54) is 0 Å². The third-order valence-corrected chi connectivity index (χ3v) is 2.56. The maximum absolute atomic E-state index is 13.1. The molecule has 1 rings (SSSR count). The monoisotopic (exact) mass is 320 g/mol. The van der Waals surface area contributed by atoms with E-state index in [4.69, 9.17) is 15.2 Å². The van der Waals surface area contributed by atoms with Gasteiger partial charge in [-0.15, -0.1) is 0 Å². The largest absolute Gasteiger partial charge is 0.418 e. The number of alkyl halides is 3. The maximum atomic E-state index is 13.1. The number of hydrogen-bond acceptors (Lipinski definition) is 5. The first-order chi connectivity index (χ1) is 10.2. The molecule has 0 aromatic carbocycles. The summed E-state index contributed by atoms with van der Waals surface area (Å²) in [5.41, 5.74) is 2.23. The second-order valence-electron chi connectivity index (χ2n) is 4.09. The highest BCUT2D eigenvalue weighted by Crippen LogP contribution is 2.32. The van der Waals surface area contributed by atoms with Crippen molar-refractivity contribution >= 4 is 11.7 Å². The normalized spacial score (nSPS) is 11.7. The van der Waals surface area contributed by atoms with Crippen LogP contribution in [0.5, 0.6) is 0 Å². The van der Waals surface area contributed by atoms with E-state index in [1.54, 1.807) is 13.8 Å². The summed E-state index contributed by atoms with van der Waals surface area (Å²) in [6.45, 7) is 3.26. The molecule has 0 aliphatic heterocycles. The molecule has 0 spiro atoms. The molecule has 9 heteroatoms. The van der Waals surface area contributed by atoms with Crippen LogP contribution in [0.3, 0.4) is 0 Å². The maximum Gasteiger partial charge on any atom is 0.418 e. The van der Waals surface area contributed by atoms with E-state index in [0.29, 0.717) is 6.07 Å². The van der Waals surface area contributed by atoms with E-state index in [0.717, 1.165) is 6.20 Å². The molecular weight excluding hydrogens is 305 g/mol. The molecule has 1 heterocycles. The minimum absolute atomic E-state index is 0.0666. The van der Waals surface area contributed by atoms with Crippen molar-refractivity contribution < 1.29 is 32.2 Å². The van der Waals surface area contributed by atoms with Crippen LogP contribution in [0.2, 0.25) is 0 Å². The summed E-state index contributed by atoms with van der Waals surface area (Å²) in [6, 6.07) is 0.484. The zero-order valence-corrected chi connectivity index (χ0v) is 11.9. The lowest BCUT2D eigenvalue weighted by Crippen LogP contribution is -2.31. The molecule has 1 aromatic heterocycles. The lowest BCUT2D eigenvalue weighted by Gasteiger charge is -2.18. The highest BCUT2D eigenvalue weighted by Gasteiger charge is 2.39. The van der Waals surface area contributed by atoms with Crippen LogP contribution in [0, 0.1) is 0 Å². The fraction of sp³-hybridized carbons (Fsp3) is 0.462. The van der Waals surface area contributed by atoms with Crippen molar-refractivity contribution in [2.24, 2.45) is 5.73 Å². The number of ketones is 1. The molecule has 0 saturated carbocycles. The Labute approximate surface area is 124 Å². The number of ether oxygens (including phenoxy) is 2. The van der Waals surface area contributed by atoms with E-state index >= 15 is 0 Å². The summed E-state index contributed by atoms with van der Waals surface area (Å²) in [5.74, 6) is -2.16. The lowest BCUT2D eigenvalue weighted by atomic mass is 10.1. The molecule has 0 bridgehead atoms. The Hall–Kier alpha value is -2.00. The summed E-state index contributed by atoms with van der Waals surface area (Å²) < 4.78 is 49.1. The SMILES string of the molecule is CCOC(OCC)C(=O)c1ncc(C(N)=O)cc1C(F)(F)F. The van der Waals surface area contributed by atoms with Gasteiger partial charge in [0.1, 0.15) is 5.69 Å². The van der Waals surface area contributed by atoms with Gasteiger partial charge in [-0.1, -0.05) is 0 Å². The van der Waals surface area contributed by atoms with E-state index in [2.05, 4.69) is 4.98 Å². The van der Waals surface area contributed by atoms with Gasteiger partial charge >= 0.3 is 6.18 Å². The smallest absolute Gasteiger partial charge is 0.366 e. The summed E-state index contributed by atoms with van der Waals surface area (Å²) in [4.78, 5) is 26.5. The molecule has 0 unspecified atom stereocenters. The number of carbonyl (C=O) groups is 2. The fourth-order valence-corrected chi connectivity index (χ4v) is 1.63. The van der Waals surface area contributed by atoms with Gasteiger partial charge in [0.2, 0.25) is 18.0 Å². The Balaban J connectivity index is 3.32. The molecule has 2 N–H and O–H groups in total. The molecule has 0 radical (unpaired) electrons. The van der Waals surface area contributed by atoms with E-state index in [9.17, 15) is 22.8 Å². The molecule has 22 heavy (non-hydrogen) atoms. The Morgan fingerprint density at radius 1 is 1.27 bits per heavy atom. The molecule has 6 nitrogen and oxygen atoms in total. The van der Waals surface area contributed by atoms with Gasteiger partial charge in [-0.2, -0.15) is 13.2 Å². The Morgan fingerprint density at radius 2 is 1.82 bits per heavy atom. The Kier molecular flexibility index (Phi) is 6.01. The van der Waals surface area contributed by atoms with Crippen LogP contribution in [-0.2, 0) is 15.7 Å². The summed E-state index contributed by atoms with van der Waals surface area (Å²) >= 11 is 0. The zero-order chi connectivity index (χ0) is 16.9. The Morgan fingerprint density at radius 3 is 2.23 bits per heavy atom. The highest BCUT2D eigenvalue weighted by molar-refractivity contribution is 6.00. The molecular formula is C13H15F3N2O4. The first-order valence-electron chi connectivity index (χ1n) is 6.36. The standard InChI is InChI=1S/C13H15F3N2O4/c1-3-21-12(22-4-2)10(19)9-8(13(14,15)16)5-7(6-18-9)11(17)20/h5-6,12H,3-4H2,1-2H3,(H2,17,20). The number of primary amides is 1. The van der Waals surface area contributed by atoms with Crippen molar-refractivity contribution in [3.8, 4) is 0 Å². The van der Waals surface area contributed by atoms with Gasteiger partial charge in [-0.25, -0.2) is 0 Å². The average molecular weight is 320 g/mol. The van der Waals surface area contributed by atoms with Crippen molar-refractivity contribution in [3.05, 3.63) is 29.1 Å². The molecule has 1 aromatic rings. The van der Waals surface area contributed by atoms with Gasteiger partial charge in [-0.05, 0) is 19.9 Å². The van der Waals surface area contributed by atoms with Crippen molar-refractivity contribution in [1.82, 2.24) is 4.98 Å². The van der Waals surface area contributed by atoms with Crippen molar-refractivity contribution in [1.29, 1.82) is 0 Å². The van der Waals surface area contributed by atoms with Gasteiger partial charge in [-0.3, -0.25) is 14.6 Å². The topological polar surface area (TPSA) is 91.5 Å². The van der Waals surface area contributed by atoms with Crippen molar-refractivity contribution in [2.45, 2.75) is 26.3 Å². The minimum Gasteiger partial charge on any atom is -0.366 e. The number of halogens is 3. The van der Waals surface area contributed by atoms with Gasteiger partial charge in [0.25, 0.3) is 0 Å². The molecule has 0 fully saturated rings. The van der Waals surface area contributed by atoms with E-state index in [1.807, 2.05) is 0 Å². The van der Waals surface area contributed by atoms with Crippen LogP contribution in [0.15, 0.2) is 12.3 Å². The predicted molar refractivity (Wildman–Crippen MR) is 69.1 cm³/mol. The van der Waals surface area contributed by atoms with Gasteiger partial charge < -0.3 is 15.2 Å². The number of hydrogen-bond donors (Lipinski definition) is 1. The van der Waals surface area contributed by atoms with Crippen LogP contribution in [0.25, 0.3) is 0 Å². The molecule has 1 amide bonds. The number of nitrogens with two attached hydrogens (primary N) is 1. The highest BCUT2D eigenvalue weighted by atomic mass is 19.4. The second-order valence-corrected chi connectivity index (χ2v) is 4.09. The third kappa shape index (κ3) is 4.25. The fourth-order valence-electron chi connectivity index (χ4n) is 1.63. The number of Topliss-reactive ketones (excluding diaryl/α,β-unsaturated/α-hetero) is 1. The third-order valence-electron chi connectivity index (χ3n) is 2.56. The van der Waals surface area contributed by atoms with Crippen LogP contribution < -0.4 is 5.73 Å². The van der Waals surface area contributed by atoms with Crippen LogP contribution in [-0.4, -0.2) is 36.2 Å². The summed E-state index contributed by atoms with van der Waals surface area (Å²) in [6.07, 6.45) is -5.57. The first-order valence-corrected chi connectivity index (χ1v) is 6.36. The van der Waals surface area contributed by atoms with Gasteiger partial charge in [0.15, 0.2) is 0 Å². The molecule has 0 atom stereocenters.